The lowest BCUT2D eigenvalue weighted by atomic mass is 9.80. The average molecular weight is 302 g/mol. The second kappa shape index (κ2) is 4.87. The van der Waals surface area contributed by atoms with Crippen LogP contribution in [0.2, 0.25) is 5.02 Å². The molecule has 1 unspecified atom stereocenters. The fourth-order valence-corrected chi connectivity index (χ4v) is 3.37. The van der Waals surface area contributed by atoms with Gasteiger partial charge in [0.15, 0.2) is 0 Å². The summed E-state index contributed by atoms with van der Waals surface area (Å²) in [4.78, 5) is 0. The van der Waals surface area contributed by atoms with Gasteiger partial charge in [0.05, 0.1) is 6.04 Å². The number of anilines is 1. The summed E-state index contributed by atoms with van der Waals surface area (Å²) in [6.07, 6.45) is 0. The quantitative estimate of drug-likeness (QED) is 0.776. The molecule has 0 aromatic heterocycles. The highest BCUT2D eigenvalue weighted by Gasteiger charge is 2.37. The Morgan fingerprint density at radius 2 is 1.90 bits per heavy atom. The summed E-state index contributed by atoms with van der Waals surface area (Å²) in [5, 5.41) is 6.06. The molecule has 0 bridgehead atoms. The van der Waals surface area contributed by atoms with Gasteiger partial charge in [-0.15, -0.1) is 0 Å². The van der Waals surface area contributed by atoms with E-state index in [9.17, 15) is 0 Å². The van der Waals surface area contributed by atoms with E-state index < -0.39 is 0 Å². The predicted octanol–water partition coefficient (Wildman–Crippen LogP) is 5.08. The number of hydrogen-bond acceptors (Lipinski definition) is 2. The number of hydrogen-bond donors (Lipinski definition) is 1. The Kier molecular flexibility index (Phi) is 3.31. The van der Waals surface area contributed by atoms with Crippen molar-refractivity contribution in [3.63, 3.8) is 0 Å². The third-order valence-electron chi connectivity index (χ3n) is 4.10. The first-order valence-electron chi connectivity index (χ1n) is 6.64. The van der Waals surface area contributed by atoms with Crippen LogP contribution in [-0.4, -0.2) is 11.4 Å². The molecular weight excluding hydrogens is 286 g/mol. The van der Waals surface area contributed by atoms with Crippen LogP contribution in [0.5, 0.6) is 0 Å². The first-order valence-corrected chi connectivity index (χ1v) is 7.49. The van der Waals surface area contributed by atoms with E-state index in [0.29, 0.717) is 0 Å². The van der Waals surface area contributed by atoms with Crippen LogP contribution in [0.25, 0.3) is 11.1 Å². The highest BCUT2D eigenvalue weighted by molar-refractivity contribution is 7.79. The Bertz CT molecular complexity index is 678. The molecular formula is C17H16ClNS. The molecule has 0 saturated carbocycles. The molecule has 1 nitrogen and oxygen atoms in total. The number of fused-ring (bicyclic) bond motifs is 1. The van der Waals surface area contributed by atoms with Crippen molar-refractivity contribution in [1.29, 1.82) is 0 Å². The molecule has 1 aliphatic rings. The highest BCUT2D eigenvalue weighted by atomic mass is 35.5. The molecule has 0 radical (unpaired) electrons. The summed E-state index contributed by atoms with van der Waals surface area (Å²) in [5.41, 5.74) is 4.81. The Morgan fingerprint density at radius 3 is 2.60 bits per heavy atom. The zero-order valence-corrected chi connectivity index (χ0v) is 13.1. The summed E-state index contributed by atoms with van der Waals surface area (Å²) >= 11 is 11.2. The molecule has 2 aromatic carbocycles. The average Bonchev–Trinajstić information content (AvgIpc) is 2.69. The van der Waals surface area contributed by atoms with Crippen molar-refractivity contribution in [2.45, 2.75) is 25.3 Å². The highest BCUT2D eigenvalue weighted by Crippen LogP contribution is 2.42. The van der Waals surface area contributed by atoms with Gasteiger partial charge in [-0.1, -0.05) is 55.9 Å². The fourth-order valence-electron chi connectivity index (χ4n) is 2.77. The van der Waals surface area contributed by atoms with Crippen LogP contribution in [0.3, 0.4) is 0 Å². The molecule has 3 heteroatoms. The van der Waals surface area contributed by atoms with Crippen LogP contribution < -0.4 is 5.32 Å². The maximum atomic E-state index is 6.08. The Hall–Kier alpha value is -1.38. The van der Waals surface area contributed by atoms with E-state index in [1.54, 1.807) is 0 Å². The monoisotopic (exact) mass is 301 g/mol. The largest absolute Gasteiger partial charge is 0.377 e. The van der Waals surface area contributed by atoms with Gasteiger partial charge < -0.3 is 5.32 Å². The summed E-state index contributed by atoms with van der Waals surface area (Å²) in [6, 6.07) is 14.6. The summed E-state index contributed by atoms with van der Waals surface area (Å²) in [5.74, 6) is 0. The Labute approximate surface area is 130 Å². The topological polar surface area (TPSA) is 12.0 Å². The van der Waals surface area contributed by atoms with Crippen molar-refractivity contribution in [1.82, 2.24) is 0 Å². The lowest BCUT2D eigenvalue weighted by molar-refractivity contribution is 0.544. The van der Waals surface area contributed by atoms with Crippen LogP contribution in [0.4, 0.5) is 5.69 Å². The number of thiocarbonyl (C=S) groups is 1. The molecule has 3 rings (SSSR count). The van der Waals surface area contributed by atoms with Crippen LogP contribution in [0.15, 0.2) is 42.5 Å². The zero-order valence-electron chi connectivity index (χ0n) is 11.5. The predicted molar refractivity (Wildman–Crippen MR) is 91.0 cm³/mol. The first-order chi connectivity index (χ1) is 9.52. The Morgan fingerprint density at radius 1 is 1.15 bits per heavy atom. The van der Waals surface area contributed by atoms with Gasteiger partial charge in [-0.3, -0.25) is 0 Å². The lowest BCUT2D eigenvalue weighted by Crippen LogP contribution is -2.33. The minimum Gasteiger partial charge on any atom is -0.377 e. The molecule has 1 heterocycles. The molecule has 0 saturated heterocycles. The summed E-state index contributed by atoms with van der Waals surface area (Å²) < 4.78 is 0. The van der Waals surface area contributed by atoms with E-state index in [1.807, 2.05) is 23.6 Å². The molecule has 0 fully saturated rings. The molecule has 20 heavy (non-hydrogen) atoms. The van der Waals surface area contributed by atoms with Gasteiger partial charge in [-0.2, -0.15) is 0 Å². The second-order valence-corrected chi connectivity index (χ2v) is 6.46. The molecule has 1 aliphatic heterocycles. The zero-order chi connectivity index (χ0) is 14.3. The number of rotatable bonds is 2. The third-order valence-corrected chi connectivity index (χ3v) is 4.60. The lowest BCUT2D eigenvalue weighted by Gasteiger charge is -2.24. The van der Waals surface area contributed by atoms with Gasteiger partial charge in [0.2, 0.25) is 0 Å². The van der Waals surface area contributed by atoms with Gasteiger partial charge in [-0.25, -0.2) is 0 Å². The van der Waals surface area contributed by atoms with E-state index in [2.05, 4.69) is 43.4 Å². The second-order valence-electron chi connectivity index (χ2n) is 5.75. The van der Waals surface area contributed by atoms with Gasteiger partial charge in [-0.05, 0) is 41.0 Å². The van der Waals surface area contributed by atoms with Crippen molar-refractivity contribution in [3.8, 4) is 11.1 Å². The summed E-state index contributed by atoms with van der Waals surface area (Å²) in [7, 11) is 0. The minimum absolute atomic E-state index is 0.00562. The number of benzene rings is 2. The van der Waals surface area contributed by atoms with Gasteiger partial charge in [0.1, 0.15) is 0 Å². The van der Waals surface area contributed by atoms with E-state index in [0.717, 1.165) is 10.6 Å². The standard InChI is InChI=1S/C17H16ClNS/c1-17(2)14-9-12(11-4-3-5-13(18)8-11)6-7-15(14)19-16(17)10-20/h3-10,16,19H,1-2H3. The molecule has 0 aliphatic carbocycles. The summed E-state index contributed by atoms with van der Waals surface area (Å²) in [6.45, 7) is 4.45. The van der Waals surface area contributed by atoms with Crippen LogP contribution in [-0.2, 0) is 5.41 Å². The third kappa shape index (κ3) is 2.13. The van der Waals surface area contributed by atoms with Crippen molar-refractivity contribution in [3.05, 3.63) is 53.1 Å². The smallest absolute Gasteiger partial charge is 0.0638 e. The van der Waals surface area contributed by atoms with Crippen molar-refractivity contribution in [2.75, 3.05) is 5.32 Å². The molecule has 2 aromatic rings. The van der Waals surface area contributed by atoms with E-state index in [4.69, 9.17) is 23.8 Å². The van der Waals surface area contributed by atoms with Gasteiger partial charge in [0.25, 0.3) is 0 Å². The van der Waals surface area contributed by atoms with Crippen molar-refractivity contribution >= 4 is 34.9 Å². The molecule has 0 amide bonds. The molecule has 102 valence electrons. The normalized spacial score (nSPS) is 19.2. The van der Waals surface area contributed by atoms with E-state index in [-0.39, 0.29) is 11.5 Å². The van der Waals surface area contributed by atoms with Gasteiger partial charge >= 0.3 is 0 Å². The molecule has 1 N–H and O–H groups in total. The van der Waals surface area contributed by atoms with Crippen molar-refractivity contribution in [2.24, 2.45) is 0 Å². The van der Waals surface area contributed by atoms with E-state index in [1.165, 1.54) is 16.8 Å². The SMILES string of the molecule is CC1(C)c2cc(-c3cccc(Cl)c3)ccc2NC1C=S. The number of nitrogens with one attached hydrogen (secondary N) is 1. The van der Waals surface area contributed by atoms with Crippen molar-refractivity contribution < 1.29 is 0 Å². The first kappa shape index (κ1) is 13.6. The fraction of sp³-hybridized carbons (Fsp3) is 0.235. The van der Waals surface area contributed by atoms with Gasteiger partial charge in [0, 0.05) is 21.5 Å². The maximum Gasteiger partial charge on any atom is 0.0638 e. The molecule has 0 spiro atoms. The van der Waals surface area contributed by atoms with E-state index >= 15 is 0 Å². The van der Waals surface area contributed by atoms with Crippen LogP contribution in [0, 0.1) is 0 Å². The molecule has 1 atom stereocenters. The number of halogens is 1. The van der Waals surface area contributed by atoms with Crippen LogP contribution >= 0.6 is 23.8 Å². The minimum atomic E-state index is 0.00562. The Balaban J connectivity index is 2.10. The van der Waals surface area contributed by atoms with Crippen LogP contribution in [0.1, 0.15) is 19.4 Å². The maximum absolute atomic E-state index is 6.08.